The SMILES string of the molecule is N#CC1c2cccc(C(F)(F)F)c2C(=O)N1CCOCCO. The summed E-state index contributed by atoms with van der Waals surface area (Å²) in [5.41, 5.74) is -1.44. The van der Waals surface area contributed by atoms with Gasteiger partial charge in [-0.05, 0) is 6.07 Å². The van der Waals surface area contributed by atoms with Crippen LogP contribution in [-0.4, -0.2) is 42.3 Å². The molecule has 1 aliphatic rings. The number of carbonyl (C=O) groups excluding carboxylic acids is 1. The topological polar surface area (TPSA) is 73.6 Å². The van der Waals surface area contributed by atoms with Gasteiger partial charge in [0.15, 0.2) is 0 Å². The Morgan fingerprint density at radius 1 is 1.36 bits per heavy atom. The first-order valence-electron chi connectivity index (χ1n) is 6.51. The van der Waals surface area contributed by atoms with Crippen LogP contribution in [0.5, 0.6) is 0 Å². The van der Waals surface area contributed by atoms with Gasteiger partial charge in [0.05, 0.1) is 37.0 Å². The van der Waals surface area contributed by atoms with Crippen LogP contribution in [-0.2, 0) is 10.9 Å². The van der Waals surface area contributed by atoms with Gasteiger partial charge in [-0.3, -0.25) is 4.79 Å². The third kappa shape index (κ3) is 2.91. The molecule has 1 aromatic rings. The van der Waals surface area contributed by atoms with E-state index in [1.165, 1.54) is 12.1 Å². The molecule has 1 unspecified atom stereocenters. The molecule has 0 radical (unpaired) electrons. The average Bonchev–Trinajstić information content (AvgIpc) is 2.75. The standard InChI is InChI=1S/C14H13F3N2O3/c15-14(16,17)10-3-1-2-9-11(8-18)19(13(21)12(9)10)4-6-22-7-5-20/h1-3,11,20H,4-7H2. The van der Waals surface area contributed by atoms with Crippen molar-refractivity contribution < 1.29 is 27.8 Å². The zero-order chi connectivity index (χ0) is 16.3. The number of halogens is 3. The fourth-order valence-corrected chi connectivity index (χ4v) is 2.40. The zero-order valence-corrected chi connectivity index (χ0v) is 11.4. The Labute approximate surface area is 124 Å². The van der Waals surface area contributed by atoms with E-state index in [-0.39, 0.29) is 31.9 Å². The smallest absolute Gasteiger partial charge is 0.394 e. The van der Waals surface area contributed by atoms with Crippen LogP contribution >= 0.6 is 0 Å². The molecule has 0 saturated heterocycles. The van der Waals surface area contributed by atoms with E-state index in [4.69, 9.17) is 9.84 Å². The van der Waals surface area contributed by atoms with E-state index in [9.17, 15) is 23.2 Å². The van der Waals surface area contributed by atoms with Gasteiger partial charge in [-0.1, -0.05) is 12.1 Å². The van der Waals surface area contributed by atoms with E-state index in [1.807, 2.05) is 6.07 Å². The number of aliphatic hydroxyl groups is 1. The van der Waals surface area contributed by atoms with E-state index in [0.29, 0.717) is 0 Å². The van der Waals surface area contributed by atoms with Crippen LogP contribution in [0.3, 0.4) is 0 Å². The minimum absolute atomic E-state index is 0.0248. The lowest BCUT2D eigenvalue weighted by Gasteiger charge is -2.19. The Morgan fingerprint density at radius 3 is 2.68 bits per heavy atom. The normalized spacial score (nSPS) is 17.5. The number of nitrogens with zero attached hydrogens (tertiary/aromatic N) is 2. The number of nitriles is 1. The van der Waals surface area contributed by atoms with E-state index in [2.05, 4.69) is 0 Å². The van der Waals surface area contributed by atoms with Crippen molar-refractivity contribution in [2.75, 3.05) is 26.4 Å². The molecule has 0 bridgehead atoms. The molecule has 1 heterocycles. The summed E-state index contributed by atoms with van der Waals surface area (Å²) in [6.45, 7) is -0.142. The Bertz CT molecular complexity index is 610. The van der Waals surface area contributed by atoms with Crippen LogP contribution in [0.1, 0.15) is 27.5 Å². The number of alkyl halides is 3. The summed E-state index contributed by atoms with van der Waals surface area (Å²) in [7, 11) is 0. The second-order valence-electron chi connectivity index (χ2n) is 4.63. The maximum Gasteiger partial charge on any atom is 0.417 e. The van der Waals surface area contributed by atoms with Gasteiger partial charge < -0.3 is 14.7 Å². The van der Waals surface area contributed by atoms with Crippen molar-refractivity contribution in [3.05, 3.63) is 34.9 Å². The van der Waals surface area contributed by atoms with Crippen LogP contribution in [0.25, 0.3) is 0 Å². The van der Waals surface area contributed by atoms with E-state index < -0.39 is 29.3 Å². The molecule has 1 amide bonds. The Kier molecular flexibility index (Phi) is 4.68. The molecule has 2 rings (SSSR count). The highest BCUT2D eigenvalue weighted by atomic mass is 19.4. The highest BCUT2D eigenvalue weighted by molar-refractivity contribution is 6.01. The molecule has 118 valence electrons. The minimum Gasteiger partial charge on any atom is -0.394 e. The molecule has 0 aliphatic carbocycles. The Hall–Kier alpha value is -2.11. The van der Waals surface area contributed by atoms with Crippen LogP contribution in [0.2, 0.25) is 0 Å². The van der Waals surface area contributed by atoms with Crippen molar-refractivity contribution >= 4 is 5.91 Å². The van der Waals surface area contributed by atoms with Crippen molar-refractivity contribution in [1.82, 2.24) is 4.90 Å². The number of rotatable bonds is 5. The second-order valence-corrected chi connectivity index (χ2v) is 4.63. The molecule has 1 N–H and O–H groups in total. The first-order valence-corrected chi connectivity index (χ1v) is 6.51. The fraction of sp³-hybridized carbons (Fsp3) is 0.429. The molecule has 5 nitrogen and oxygen atoms in total. The summed E-state index contributed by atoms with van der Waals surface area (Å²) in [6.07, 6.45) is -4.66. The van der Waals surface area contributed by atoms with E-state index >= 15 is 0 Å². The molecule has 8 heteroatoms. The summed E-state index contributed by atoms with van der Waals surface area (Å²) in [5, 5.41) is 17.8. The third-order valence-electron chi connectivity index (χ3n) is 3.32. The van der Waals surface area contributed by atoms with Gasteiger partial charge in [-0.15, -0.1) is 0 Å². The molecule has 22 heavy (non-hydrogen) atoms. The fourth-order valence-electron chi connectivity index (χ4n) is 2.40. The average molecular weight is 314 g/mol. The molecule has 0 fully saturated rings. The third-order valence-corrected chi connectivity index (χ3v) is 3.32. The first kappa shape index (κ1) is 16.3. The Balaban J connectivity index is 2.32. The maximum absolute atomic E-state index is 13.0. The monoisotopic (exact) mass is 314 g/mol. The van der Waals surface area contributed by atoms with E-state index in [1.54, 1.807) is 0 Å². The lowest BCUT2D eigenvalue weighted by molar-refractivity contribution is -0.137. The predicted octanol–water partition coefficient (Wildman–Crippen LogP) is 1.73. The molecule has 0 saturated carbocycles. The number of fused-ring (bicyclic) bond motifs is 1. The summed E-state index contributed by atoms with van der Waals surface area (Å²) in [6, 6.07) is 4.15. The van der Waals surface area contributed by atoms with Crippen molar-refractivity contribution in [2.45, 2.75) is 12.2 Å². The number of aliphatic hydroxyl groups excluding tert-OH is 1. The Morgan fingerprint density at radius 2 is 2.09 bits per heavy atom. The summed E-state index contributed by atoms with van der Waals surface area (Å²) >= 11 is 0. The van der Waals surface area contributed by atoms with E-state index in [0.717, 1.165) is 11.0 Å². The minimum atomic E-state index is -4.66. The molecule has 0 aromatic heterocycles. The number of benzene rings is 1. The predicted molar refractivity (Wildman–Crippen MR) is 68.7 cm³/mol. The number of ether oxygens (including phenoxy) is 1. The molecule has 1 aliphatic heterocycles. The van der Waals surface area contributed by atoms with Crippen LogP contribution in [0, 0.1) is 11.3 Å². The van der Waals surface area contributed by atoms with Gasteiger partial charge in [0.2, 0.25) is 0 Å². The molecule has 0 spiro atoms. The number of amides is 1. The van der Waals surface area contributed by atoms with Gasteiger partial charge >= 0.3 is 6.18 Å². The quantitative estimate of drug-likeness (QED) is 0.840. The number of hydrogen-bond donors (Lipinski definition) is 1. The maximum atomic E-state index is 13.0. The summed E-state index contributed by atoms with van der Waals surface area (Å²) < 4.78 is 44.1. The second kappa shape index (κ2) is 6.34. The van der Waals surface area contributed by atoms with Crippen molar-refractivity contribution in [3.8, 4) is 6.07 Å². The van der Waals surface area contributed by atoms with Gasteiger partial charge in [0.25, 0.3) is 5.91 Å². The first-order chi connectivity index (χ1) is 10.4. The van der Waals surface area contributed by atoms with Gasteiger partial charge in [-0.2, -0.15) is 18.4 Å². The van der Waals surface area contributed by atoms with Crippen LogP contribution in [0.4, 0.5) is 13.2 Å². The highest BCUT2D eigenvalue weighted by Crippen LogP contribution is 2.41. The number of carbonyl (C=O) groups is 1. The van der Waals surface area contributed by atoms with Crippen LogP contribution in [0.15, 0.2) is 18.2 Å². The molecular weight excluding hydrogens is 301 g/mol. The molecule has 1 aromatic carbocycles. The van der Waals surface area contributed by atoms with Crippen molar-refractivity contribution in [1.29, 1.82) is 5.26 Å². The van der Waals surface area contributed by atoms with Gasteiger partial charge in [0, 0.05) is 12.1 Å². The number of hydrogen-bond acceptors (Lipinski definition) is 4. The van der Waals surface area contributed by atoms with Gasteiger partial charge in [0.1, 0.15) is 6.04 Å². The largest absolute Gasteiger partial charge is 0.417 e. The van der Waals surface area contributed by atoms with Crippen molar-refractivity contribution in [2.24, 2.45) is 0 Å². The zero-order valence-electron chi connectivity index (χ0n) is 11.4. The van der Waals surface area contributed by atoms with Gasteiger partial charge in [-0.25, -0.2) is 0 Å². The molecule has 1 atom stereocenters. The molecular formula is C14H13F3N2O3. The summed E-state index contributed by atoms with van der Waals surface area (Å²) in [5.74, 6) is -0.831. The van der Waals surface area contributed by atoms with Crippen molar-refractivity contribution in [3.63, 3.8) is 0 Å². The lowest BCUT2D eigenvalue weighted by Crippen LogP contribution is -2.31. The van der Waals surface area contributed by atoms with Crippen LogP contribution < -0.4 is 0 Å². The summed E-state index contributed by atoms with van der Waals surface area (Å²) in [4.78, 5) is 13.3. The lowest BCUT2D eigenvalue weighted by atomic mass is 10.00. The highest BCUT2D eigenvalue weighted by Gasteiger charge is 2.44.